The van der Waals surface area contributed by atoms with E-state index in [4.69, 9.17) is 15.0 Å². The van der Waals surface area contributed by atoms with Crippen LogP contribution >= 0.6 is 11.3 Å². The summed E-state index contributed by atoms with van der Waals surface area (Å²) in [5.41, 5.74) is 0.313. The second-order valence-corrected chi connectivity index (χ2v) is 9.02. The second kappa shape index (κ2) is 7.66. The molecule has 1 saturated heterocycles. The molecule has 2 fully saturated rings. The van der Waals surface area contributed by atoms with Crippen LogP contribution in [0, 0.1) is 5.41 Å². The van der Waals surface area contributed by atoms with Gasteiger partial charge < -0.3 is 15.7 Å². The van der Waals surface area contributed by atoms with Crippen LogP contribution < -0.4 is 15.8 Å². The van der Waals surface area contributed by atoms with E-state index in [1.165, 1.54) is 31.9 Å². The highest BCUT2D eigenvalue weighted by Crippen LogP contribution is 2.44. The minimum atomic E-state index is -5.08. The van der Waals surface area contributed by atoms with Crippen molar-refractivity contribution in [3.05, 3.63) is 6.20 Å². The van der Waals surface area contributed by atoms with Gasteiger partial charge in [0, 0.05) is 18.0 Å². The van der Waals surface area contributed by atoms with Crippen LogP contribution in [-0.4, -0.2) is 49.8 Å². The Hall–Kier alpha value is -1.44. The number of carboxylic acids is 1. The Morgan fingerprint density at radius 1 is 1.50 bits per heavy atom. The number of aliphatic carboxylic acids is 1. The molecule has 13 heteroatoms. The number of nitrogens with two attached hydrogens (primary N) is 1. The van der Waals surface area contributed by atoms with E-state index >= 15 is 0 Å². The fraction of sp³-hybridized carbons (Fsp3) is 0.692. The minimum Gasteiger partial charge on any atom is -0.475 e. The first-order valence-corrected chi connectivity index (χ1v) is 10.1. The van der Waals surface area contributed by atoms with Gasteiger partial charge in [-0.2, -0.15) is 13.2 Å². The number of aromatic nitrogens is 1. The largest absolute Gasteiger partial charge is 0.490 e. The molecule has 0 unspecified atom stereocenters. The lowest BCUT2D eigenvalue weighted by atomic mass is 9.82. The molecule has 1 saturated carbocycles. The molecule has 1 aromatic rings. The topological polar surface area (TPSA) is 134 Å². The van der Waals surface area contributed by atoms with Crippen LogP contribution in [0.2, 0.25) is 0 Å². The van der Waals surface area contributed by atoms with Gasteiger partial charge in [-0.15, -0.1) is 0 Å². The van der Waals surface area contributed by atoms with Crippen molar-refractivity contribution in [1.29, 1.82) is 0 Å². The van der Waals surface area contributed by atoms with Crippen LogP contribution in [0.5, 0.6) is 0 Å². The van der Waals surface area contributed by atoms with Gasteiger partial charge in [0.05, 0.1) is 6.20 Å². The molecule has 2 atom stereocenters. The zero-order valence-electron chi connectivity index (χ0n) is 13.5. The number of hydrogen-bond donors (Lipinski definition) is 4. The maximum atomic E-state index is 11.2. The quantitative estimate of drug-likeness (QED) is 0.582. The summed E-state index contributed by atoms with van der Waals surface area (Å²) < 4.78 is 54.2. The molecule has 0 radical (unpaired) electrons. The summed E-state index contributed by atoms with van der Waals surface area (Å²) in [4.78, 5) is 13.0. The van der Waals surface area contributed by atoms with Gasteiger partial charge in [0.25, 0.3) is 0 Å². The van der Waals surface area contributed by atoms with E-state index in [0.717, 1.165) is 24.4 Å². The molecule has 148 valence electrons. The van der Waals surface area contributed by atoms with Gasteiger partial charge in [0.1, 0.15) is 0 Å². The number of alkyl halides is 3. The van der Waals surface area contributed by atoms with Gasteiger partial charge in [-0.25, -0.2) is 23.3 Å². The van der Waals surface area contributed by atoms with Crippen molar-refractivity contribution in [3.63, 3.8) is 0 Å². The second-order valence-electron chi connectivity index (χ2n) is 6.20. The van der Waals surface area contributed by atoms with Crippen molar-refractivity contribution in [2.24, 2.45) is 10.6 Å². The number of nitrogens with one attached hydrogen (secondary N) is 2. The molecule has 0 amide bonds. The summed E-state index contributed by atoms with van der Waals surface area (Å²) in [7, 11) is -3.63. The summed E-state index contributed by atoms with van der Waals surface area (Å²) >= 11 is 1.10. The van der Waals surface area contributed by atoms with Crippen LogP contribution in [0.15, 0.2) is 10.4 Å². The van der Waals surface area contributed by atoms with Crippen molar-refractivity contribution < 1.29 is 31.5 Å². The van der Waals surface area contributed by atoms with Crippen LogP contribution in [0.25, 0.3) is 0 Å². The number of anilines is 1. The van der Waals surface area contributed by atoms with Gasteiger partial charge in [0.2, 0.25) is 10.0 Å². The standard InChI is InChI=1S/C11H18N4O2S2.C2HF3O2/c12-19(16,17)9-6-14-10(18-9)15-7-11-3-1-2-8(11)13-5-4-11;3-2(4,5)1(6)7/h6,8,13H,1-5,7H2,(H,14,15)(H2,12,16,17);(H,6,7)/t8-,11-;/m1./s1. The van der Waals surface area contributed by atoms with E-state index in [-0.39, 0.29) is 4.21 Å². The summed E-state index contributed by atoms with van der Waals surface area (Å²) in [5.74, 6) is -2.76. The minimum absolute atomic E-state index is 0.111. The number of rotatable bonds is 4. The number of hydrogen-bond acceptors (Lipinski definition) is 7. The highest BCUT2D eigenvalue weighted by molar-refractivity contribution is 7.91. The van der Waals surface area contributed by atoms with E-state index in [1.54, 1.807) is 0 Å². The van der Waals surface area contributed by atoms with Gasteiger partial charge in [-0.05, 0) is 25.8 Å². The van der Waals surface area contributed by atoms with Crippen LogP contribution in [-0.2, 0) is 14.8 Å². The third-order valence-corrected chi connectivity index (χ3v) is 6.88. The average Bonchev–Trinajstić information content (AvgIpc) is 3.19. The van der Waals surface area contributed by atoms with Gasteiger partial charge in [-0.1, -0.05) is 17.8 Å². The molecule has 2 aliphatic rings. The van der Waals surface area contributed by atoms with Gasteiger partial charge in [-0.3, -0.25) is 0 Å². The van der Waals surface area contributed by atoms with Crippen molar-refractivity contribution in [1.82, 2.24) is 10.3 Å². The normalized spacial score (nSPS) is 25.3. The van der Waals surface area contributed by atoms with E-state index in [0.29, 0.717) is 16.6 Å². The molecule has 3 rings (SSSR count). The molecule has 2 heterocycles. The molecule has 1 aromatic heterocycles. The maximum absolute atomic E-state index is 11.2. The van der Waals surface area contributed by atoms with Crippen molar-refractivity contribution in [3.8, 4) is 0 Å². The summed E-state index contributed by atoms with van der Waals surface area (Å²) in [6.45, 7) is 1.93. The molecule has 26 heavy (non-hydrogen) atoms. The van der Waals surface area contributed by atoms with Crippen LogP contribution in [0.4, 0.5) is 18.3 Å². The zero-order chi connectivity index (χ0) is 19.6. The molecular formula is C13H19F3N4O4S2. The summed E-state index contributed by atoms with van der Waals surface area (Å²) in [6, 6.07) is 0.595. The number of carboxylic acid groups (broad SMARTS) is 1. The number of primary sulfonamides is 1. The molecule has 1 aliphatic carbocycles. The van der Waals surface area contributed by atoms with Crippen LogP contribution in [0.3, 0.4) is 0 Å². The van der Waals surface area contributed by atoms with Crippen molar-refractivity contribution in [2.45, 2.75) is 42.1 Å². The Labute approximate surface area is 152 Å². The van der Waals surface area contributed by atoms with E-state index in [9.17, 15) is 21.6 Å². The number of sulfonamides is 1. The molecule has 0 aromatic carbocycles. The van der Waals surface area contributed by atoms with E-state index in [2.05, 4.69) is 15.6 Å². The first-order valence-electron chi connectivity index (χ1n) is 7.70. The van der Waals surface area contributed by atoms with Crippen molar-refractivity contribution >= 4 is 32.5 Å². The van der Waals surface area contributed by atoms with Crippen molar-refractivity contribution in [2.75, 3.05) is 18.4 Å². The SMILES string of the molecule is NS(=O)(=O)c1cnc(NC[C@]23CCC[C@H]2NCC3)s1.O=C(O)C(F)(F)F. The lowest BCUT2D eigenvalue weighted by Crippen LogP contribution is -2.37. The molecular weight excluding hydrogens is 397 g/mol. The number of nitrogens with zero attached hydrogens (tertiary/aromatic N) is 1. The highest BCUT2D eigenvalue weighted by Gasteiger charge is 2.45. The zero-order valence-corrected chi connectivity index (χ0v) is 15.2. The number of carbonyl (C=O) groups is 1. The predicted octanol–water partition coefficient (Wildman–Crippen LogP) is 1.37. The molecule has 5 N–H and O–H groups in total. The molecule has 8 nitrogen and oxygen atoms in total. The molecule has 1 aliphatic heterocycles. The lowest BCUT2D eigenvalue weighted by Gasteiger charge is -2.28. The summed E-state index contributed by atoms with van der Waals surface area (Å²) in [5, 5.41) is 19.7. The first-order chi connectivity index (χ1) is 11.9. The lowest BCUT2D eigenvalue weighted by molar-refractivity contribution is -0.192. The van der Waals surface area contributed by atoms with E-state index < -0.39 is 22.2 Å². The first kappa shape index (κ1) is 20.9. The van der Waals surface area contributed by atoms with Gasteiger partial charge in [0.15, 0.2) is 9.34 Å². The Morgan fingerprint density at radius 3 is 2.69 bits per heavy atom. The third kappa shape index (κ3) is 5.05. The summed E-state index contributed by atoms with van der Waals surface area (Å²) in [6.07, 6.45) is 1.14. The number of halogens is 3. The van der Waals surface area contributed by atoms with E-state index in [1.807, 2.05) is 0 Å². The monoisotopic (exact) mass is 416 g/mol. The maximum Gasteiger partial charge on any atom is 0.490 e. The van der Waals surface area contributed by atoms with Crippen LogP contribution in [0.1, 0.15) is 25.7 Å². The Morgan fingerprint density at radius 2 is 2.15 bits per heavy atom. The number of fused-ring (bicyclic) bond motifs is 1. The smallest absolute Gasteiger partial charge is 0.475 e. The number of thiazole rings is 1. The molecule has 0 spiro atoms. The molecule has 0 bridgehead atoms. The predicted molar refractivity (Wildman–Crippen MR) is 88.4 cm³/mol. The Kier molecular flexibility index (Phi) is 6.15. The average molecular weight is 416 g/mol. The third-order valence-electron chi connectivity index (χ3n) is 4.52. The Balaban J connectivity index is 0.000000298. The Bertz CT molecular complexity index is 741. The fourth-order valence-corrected chi connectivity index (χ4v) is 4.72. The van der Waals surface area contributed by atoms with Gasteiger partial charge >= 0.3 is 12.1 Å². The fourth-order valence-electron chi connectivity index (χ4n) is 3.28. The highest BCUT2D eigenvalue weighted by atomic mass is 32.2.